The van der Waals surface area contributed by atoms with Crippen molar-refractivity contribution in [3.8, 4) is 5.75 Å². The first-order chi connectivity index (χ1) is 9.97. The van der Waals surface area contributed by atoms with Crippen molar-refractivity contribution in [1.29, 1.82) is 0 Å². The minimum absolute atomic E-state index is 0.0447. The average Bonchev–Trinajstić information content (AvgIpc) is 2.45. The van der Waals surface area contributed by atoms with Gasteiger partial charge >= 0.3 is 5.97 Å². The third-order valence-corrected chi connectivity index (χ3v) is 3.52. The van der Waals surface area contributed by atoms with Crippen LogP contribution in [0.15, 0.2) is 22.7 Å². The Morgan fingerprint density at radius 1 is 1.38 bits per heavy atom. The fraction of sp³-hybridized carbons (Fsp3) is 0.429. The zero-order valence-corrected chi connectivity index (χ0v) is 13.5. The van der Waals surface area contributed by atoms with Gasteiger partial charge in [0.25, 0.3) is 0 Å². The summed E-state index contributed by atoms with van der Waals surface area (Å²) in [6, 6.07) is 5.59. The van der Waals surface area contributed by atoms with Gasteiger partial charge in [-0.05, 0) is 40.0 Å². The Balaban J connectivity index is 2.42. The maximum atomic E-state index is 11.7. The molecule has 1 atom stereocenters. The number of methoxy groups -OCH3 is 2. The van der Waals surface area contributed by atoms with Gasteiger partial charge in [0.05, 0.1) is 18.1 Å². The minimum Gasteiger partial charge on any atom is -0.496 e. The van der Waals surface area contributed by atoms with Gasteiger partial charge in [0.15, 0.2) is 6.10 Å². The Morgan fingerprint density at radius 2 is 2.10 bits per heavy atom. The van der Waals surface area contributed by atoms with Crippen LogP contribution in [0.3, 0.4) is 0 Å². The number of hydrogen-bond donors (Lipinski definition) is 2. The summed E-state index contributed by atoms with van der Waals surface area (Å²) in [5.74, 6) is -0.588. The van der Waals surface area contributed by atoms with Gasteiger partial charge < -0.3 is 19.9 Å². The van der Waals surface area contributed by atoms with Crippen LogP contribution in [0.2, 0.25) is 0 Å². The number of hydrogen-bond acceptors (Lipinski definition) is 4. The summed E-state index contributed by atoms with van der Waals surface area (Å²) in [4.78, 5) is 22.4. The quantitative estimate of drug-likeness (QED) is 0.736. The van der Waals surface area contributed by atoms with E-state index >= 15 is 0 Å². The standard InChI is InChI=1S/C14H18BrNO5/c1-20-11-5-3-9(7-10(11)15)4-6-13(17)16-8-12(21-2)14(18)19/h3,5,7,12H,4,6,8H2,1-2H3,(H,16,17)(H,18,19). The van der Waals surface area contributed by atoms with Gasteiger partial charge in [-0.25, -0.2) is 4.79 Å². The summed E-state index contributed by atoms with van der Waals surface area (Å²) in [5, 5.41) is 11.3. The molecule has 0 saturated heterocycles. The molecule has 0 radical (unpaired) electrons. The molecule has 0 fully saturated rings. The highest BCUT2D eigenvalue weighted by atomic mass is 79.9. The van der Waals surface area contributed by atoms with Crippen LogP contribution >= 0.6 is 15.9 Å². The Hall–Kier alpha value is -1.60. The molecule has 1 unspecified atom stereocenters. The lowest BCUT2D eigenvalue weighted by Crippen LogP contribution is -2.37. The molecule has 1 aromatic rings. The van der Waals surface area contributed by atoms with E-state index in [0.29, 0.717) is 6.42 Å². The van der Waals surface area contributed by atoms with Crippen LogP contribution in [0.1, 0.15) is 12.0 Å². The van der Waals surface area contributed by atoms with Gasteiger partial charge in [0.2, 0.25) is 5.91 Å². The Labute approximate surface area is 131 Å². The van der Waals surface area contributed by atoms with Crippen molar-refractivity contribution in [2.24, 2.45) is 0 Å². The van der Waals surface area contributed by atoms with Gasteiger partial charge in [0, 0.05) is 13.5 Å². The molecule has 1 aromatic carbocycles. The SMILES string of the molecule is COc1ccc(CCC(=O)NCC(OC)C(=O)O)cc1Br. The largest absolute Gasteiger partial charge is 0.496 e. The molecule has 116 valence electrons. The van der Waals surface area contributed by atoms with Gasteiger partial charge in [-0.3, -0.25) is 4.79 Å². The third kappa shape index (κ3) is 5.73. The smallest absolute Gasteiger partial charge is 0.334 e. The maximum absolute atomic E-state index is 11.7. The first kappa shape index (κ1) is 17.5. The first-order valence-electron chi connectivity index (χ1n) is 6.32. The molecule has 0 bridgehead atoms. The molecule has 0 aliphatic heterocycles. The van der Waals surface area contributed by atoms with Gasteiger partial charge in [-0.15, -0.1) is 0 Å². The molecule has 0 aromatic heterocycles. The van der Waals surface area contributed by atoms with E-state index in [9.17, 15) is 9.59 Å². The van der Waals surface area contributed by atoms with Crippen LogP contribution in [0, 0.1) is 0 Å². The lowest BCUT2D eigenvalue weighted by Gasteiger charge is -2.11. The van der Waals surface area contributed by atoms with Crippen molar-refractivity contribution in [3.05, 3.63) is 28.2 Å². The number of halogens is 1. The minimum atomic E-state index is -1.10. The highest BCUT2D eigenvalue weighted by molar-refractivity contribution is 9.10. The van der Waals surface area contributed by atoms with Crippen LogP contribution in [-0.2, 0) is 20.7 Å². The van der Waals surface area contributed by atoms with Crippen molar-refractivity contribution < 1.29 is 24.2 Å². The van der Waals surface area contributed by atoms with E-state index in [2.05, 4.69) is 21.2 Å². The van der Waals surface area contributed by atoms with Gasteiger partial charge in [0.1, 0.15) is 5.75 Å². The fourth-order valence-corrected chi connectivity index (χ4v) is 2.28. The number of carbonyl (C=O) groups is 2. The van der Waals surface area contributed by atoms with E-state index in [1.807, 2.05) is 18.2 Å². The molecule has 1 amide bonds. The highest BCUT2D eigenvalue weighted by Gasteiger charge is 2.16. The van der Waals surface area contributed by atoms with E-state index in [1.165, 1.54) is 7.11 Å². The van der Waals surface area contributed by atoms with E-state index in [-0.39, 0.29) is 18.9 Å². The molecule has 2 N–H and O–H groups in total. The summed E-state index contributed by atoms with van der Waals surface area (Å²) in [6.45, 7) is -0.0447. The molecule has 1 rings (SSSR count). The molecule has 21 heavy (non-hydrogen) atoms. The number of carboxylic acid groups (broad SMARTS) is 1. The van der Waals surface area contributed by atoms with Crippen LogP contribution in [0.4, 0.5) is 0 Å². The number of rotatable bonds is 8. The number of amides is 1. The van der Waals surface area contributed by atoms with Crippen LogP contribution in [0.25, 0.3) is 0 Å². The second kappa shape index (κ2) is 8.63. The average molecular weight is 360 g/mol. The predicted octanol–water partition coefficient (Wildman–Crippen LogP) is 1.61. The lowest BCUT2D eigenvalue weighted by molar-refractivity contribution is -0.148. The third-order valence-electron chi connectivity index (χ3n) is 2.90. The number of carbonyl (C=O) groups excluding carboxylic acids is 1. The summed E-state index contributed by atoms with van der Waals surface area (Å²) in [6.07, 6.45) is -0.197. The van der Waals surface area contributed by atoms with Crippen molar-refractivity contribution in [2.75, 3.05) is 20.8 Å². The molecular formula is C14H18BrNO5. The zero-order valence-electron chi connectivity index (χ0n) is 11.9. The normalized spacial score (nSPS) is 11.8. The lowest BCUT2D eigenvalue weighted by atomic mass is 10.1. The molecule has 0 aliphatic rings. The Kier molecular flexibility index (Phi) is 7.18. The van der Waals surface area contributed by atoms with Crippen molar-refractivity contribution in [2.45, 2.75) is 18.9 Å². The van der Waals surface area contributed by atoms with Gasteiger partial charge in [-0.2, -0.15) is 0 Å². The number of ether oxygens (including phenoxy) is 2. The number of nitrogens with one attached hydrogen (secondary N) is 1. The highest BCUT2D eigenvalue weighted by Crippen LogP contribution is 2.25. The maximum Gasteiger partial charge on any atom is 0.334 e. The second-order valence-corrected chi connectivity index (χ2v) is 5.19. The molecule has 0 heterocycles. The summed E-state index contributed by atoms with van der Waals surface area (Å²) >= 11 is 3.38. The zero-order chi connectivity index (χ0) is 15.8. The summed E-state index contributed by atoms with van der Waals surface area (Å²) in [5.41, 5.74) is 0.986. The number of benzene rings is 1. The summed E-state index contributed by atoms with van der Waals surface area (Å²) < 4.78 is 10.7. The van der Waals surface area contributed by atoms with Crippen molar-refractivity contribution in [3.63, 3.8) is 0 Å². The molecule has 0 spiro atoms. The van der Waals surface area contributed by atoms with Crippen LogP contribution in [-0.4, -0.2) is 43.9 Å². The predicted molar refractivity (Wildman–Crippen MR) is 80.5 cm³/mol. The first-order valence-corrected chi connectivity index (χ1v) is 7.12. The fourth-order valence-electron chi connectivity index (χ4n) is 1.69. The molecule has 7 heteroatoms. The molecule has 6 nitrogen and oxygen atoms in total. The molecule has 0 aliphatic carbocycles. The van der Waals surface area contributed by atoms with Gasteiger partial charge in [-0.1, -0.05) is 6.07 Å². The Morgan fingerprint density at radius 3 is 2.62 bits per heavy atom. The van der Waals surface area contributed by atoms with E-state index in [0.717, 1.165) is 15.8 Å². The van der Waals surface area contributed by atoms with Crippen LogP contribution < -0.4 is 10.1 Å². The number of aliphatic carboxylic acids is 1. The van der Waals surface area contributed by atoms with E-state index < -0.39 is 12.1 Å². The van der Waals surface area contributed by atoms with E-state index in [1.54, 1.807) is 7.11 Å². The monoisotopic (exact) mass is 359 g/mol. The van der Waals surface area contributed by atoms with Crippen molar-refractivity contribution in [1.82, 2.24) is 5.32 Å². The van der Waals surface area contributed by atoms with Crippen molar-refractivity contribution >= 4 is 27.8 Å². The Bertz CT molecular complexity index is 506. The number of aryl methyl sites for hydroxylation is 1. The number of carboxylic acids is 1. The van der Waals surface area contributed by atoms with Crippen LogP contribution in [0.5, 0.6) is 5.75 Å². The molecular weight excluding hydrogens is 342 g/mol. The topological polar surface area (TPSA) is 84.9 Å². The van der Waals surface area contributed by atoms with E-state index in [4.69, 9.17) is 14.6 Å². The summed E-state index contributed by atoms with van der Waals surface area (Å²) in [7, 11) is 2.88. The molecule has 0 saturated carbocycles. The second-order valence-electron chi connectivity index (χ2n) is 4.34.